The molecule has 180 valence electrons. The first kappa shape index (κ1) is 25.1. The first-order valence-electron chi connectivity index (χ1n) is 10.6. The van der Waals surface area contributed by atoms with Crippen LogP contribution in [0.4, 0.5) is 23.4 Å². The summed E-state index contributed by atoms with van der Waals surface area (Å²) in [6.45, 7) is 5.10. The molecule has 5 nitrogen and oxygen atoms in total. The molecule has 1 heterocycles. The van der Waals surface area contributed by atoms with Gasteiger partial charge in [0.05, 0.1) is 31.1 Å². The number of hydrogen-bond donors (Lipinski definition) is 0. The molecule has 0 saturated heterocycles. The van der Waals surface area contributed by atoms with Gasteiger partial charge in [0.25, 0.3) is 0 Å². The molecule has 9 heteroatoms. The molecule has 0 unspecified atom stereocenters. The molecule has 0 bridgehead atoms. The number of carbonyl (C=O) groups excluding carboxylic acids is 1. The summed E-state index contributed by atoms with van der Waals surface area (Å²) in [5.74, 6) is -6.81. The Morgan fingerprint density at radius 2 is 1.59 bits per heavy atom. The fourth-order valence-corrected chi connectivity index (χ4v) is 3.62. The van der Waals surface area contributed by atoms with Crippen LogP contribution < -0.4 is 9.64 Å². The molecule has 0 spiro atoms. The van der Waals surface area contributed by atoms with E-state index >= 15 is 0 Å². The molecular formula is C25H25F4N3O2. The highest BCUT2D eigenvalue weighted by Crippen LogP contribution is 2.28. The molecule has 1 aromatic heterocycles. The zero-order valence-electron chi connectivity index (χ0n) is 19.5. The Morgan fingerprint density at radius 3 is 2.12 bits per heavy atom. The minimum atomic E-state index is -1.93. The molecule has 0 atom stereocenters. The third kappa shape index (κ3) is 5.03. The monoisotopic (exact) mass is 475 g/mol. The van der Waals surface area contributed by atoms with E-state index in [-0.39, 0.29) is 23.7 Å². The van der Waals surface area contributed by atoms with Crippen LogP contribution in [0, 0.1) is 36.1 Å². The van der Waals surface area contributed by atoms with E-state index in [1.54, 1.807) is 40.0 Å². The van der Waals surface area contributed by atoms with Crippen molar-refractivity contribution < 1.29 is 27.1 Å². The van der Waals surface area contributed by atoms with Crippen LogP contribution in [0.25, 0.3) is 11.3 Å². The lowest BCUT2D eigenvalue weighted by molar-refractivity contribution is -0.117. The van der Waals surface area contributed by atoms with Crippen LogP contribution in [-0.2, 0) is 17.6 Å². The summed E-state index contributed by atoms with van der Waals surface area (Å²) in [5, 5.41) is 0. The van der Waals surface area contributed by atoms with Crippen molar-refractivity contribution in [2.75, 3.05) is 19.1 Å². The molecule has 1 amide bonds. The van der Waals surface area contributed by atoms with Crippen LogP contribution in [0.2, 0.25) is 0 Å². The number of methoxy groups -OCH3 is 1. The number of aryl methyl sites for hydroxylation is 1. The highest BCUT2D eigenvalue weighted by Gasteiger charge is 2.28. The number of likely N-dealkylation sites (N-methyl/N-ethyl adjacent to an activating group) is 1. The van der Waals surface area contributed by atoms with Crippen LogP contribution in [0.15, 0.2) is 30.5 Å². The van der Waals surface area contributed by atoms with Gasteiger partial charge in [-0.25, -0.2) is 27.5 Å². The fraction of sp³-hybridized carbons (Fsp3) is 0.320. The number of amides is 1. The second kappa shape index (κ2) is 10.2. The summed E-state index contributed by atoms with van der Waals surface area (Å²) < 4.78 is 61.8. The first-order valence-corrected chi connectivity index (χ1v) is 10.6. The zero-order valence-corrected chi connectivity index (χ0v) is 19.5. The van der Waals surface area contributed by atoms with Crippen molar-refractivity contribution in [3.8, 4) is 17.0 Å². The van der Waals surface area contributed by atoms with Gasteiger partial charge in [0.15, 0.2) is 29.1 Å². The molecule has 34 heavy (non-hydrogen) atoms. The maximum atomic E-state index is 14.6. The van der Waals surface area contributed by atoms with Crippen molar-refractivity contribution in [2.24, 2.45) is 5.92 Å². The maximum Gasteiger partial charge on any atom is 0.232 e. The minimum Gasteiger partial charge on any atom is -0.497 e. The van der Waals surface area contributed by atoms with Crippen molar-refractivity contribution >= 4 is 11.7 Å². The SMILES string of the molecule is COc1ccc(-c2cnc(N(C)C(=O)Cc3c(F)c(F)c(F)c(F)c3CC(C)C)c(C)n2)cc1. The Labute approximate surface area is 195 Å². The summed E-state index contributed by atoms with van der Waals surface area (Å²) in [7, 11) is 2.97. The molecule has 0 aliphatic heterocycles. The third-order valence-electron chi connectivity index (χ3n) is 5.41. The second-order valence-electron chi connectivity index (χ2n) is 8.33. The lowest BCUT2D eigenvalue weighted by atomic mass is 9.94. The van der Waals surface area contributed by atoms with Gasteiger partial charge in [-0.2, -0.15) is 0 Å². The molecule has 0 fully saturated rings. The Hall–Kier alpha value is -3.49. The largest absolute Gasteiger partial charge is 0.497 e. The summed E-state index contributed by atoms with van der Waals surface area (Å²) in [6, 6.07) is 7.18. The Kier molecular flexibility index (Phi) is 7.54. The van der Waals surface area contributed by atoms with Gasteiger partial charge < -0.3 is 4.74 Å². The van der Waals surface area contributed by atoms with Crippen molar-refractivity contribution in [2.45, 2.75) is 33.6 Å². The number of aromatic nitrogens is 2. The van der Waals surface area contributed by atoms with Crippen LogP contribution in [0.5, 0.6) is 5.75 Å². The molecule has 3 rings (SSSR count). The van der Waals surface area contributed by atoms with Gasteiger partial charge in [0.1, 0.15) is 5.75 Å². The highest BCUT2D eigenvalue weighted by atomic mass is 19.2. The van der Waals surface area contributed by atoms with Gasteiger partial charge >= 0.3 is 0 Å². The molecule has 0 aliphatic rings. The van der Waals surface area contributed by atoms with Gasteiger partial charge in [-0.1, -0.05) is 13.8 Å². The minimum absolute atomic E-state index is 0.0539. The standard InChI is InChI=1S/C25H25F4N3O2/c1-13(2)10-17-18(22(27)24(29)23(28)21(17)26)11-20(33)32(4)25-14(3)31-19(12-30-25)15-6-8-16(34-5)9-7-15/h6-9,12-13H,10-11H2,1-5H3. The van der Waals surface area contributed by atoms with Gasteiger partial charge in [0, 0.05) is 18.2 Å². The lowest BCUT2D eigenvalue weighted by Gasteiger charge is -2.20. The molecule has 0 saturated carbocycles. The van der Waals surface area contributed by atoms with E-state index in [9.17, 15) is 22.4 Å². The summed E-state index contributed by atoms with van der Waals surface area (Å²) in [6.07, 6.45) is 0.761. The van der Waals surface area contributed by atoms with Gasteiger partial charge in [-0.15, -0.1) is 0 Å². The Bertz CT molecular complexity index is 1210. The van der Waals surface area contributed by atoms with E-state index in [1.807, 2.05) is 12.1 Å². The van der Waals surface area contributed by atoms with Crippen LogP contribution >= 0.6 is 0 Å². The third-order valence-corrected chi connectivity index (χ3v) is 5.41. The second-order valence-corrected chi connectivity index (χ2v) is 8.33. The van der Waals surface area contributed by atoms with Crippen molar-refractivity contribution in [3.63, 3.8) is 0 Å². The molecule has 2 aromatic carbocycles. The lowest BCUT2D eigenvalue weighted by Crippen LogP contribution is -2.31. The summed E-state index contributed by atoms with van der Waals surface area (Å²) >= 11 is 0. The number of benzene rings is 2. The van der Waals surface area contributed by atoms with Crippen molar-refractivity contribution in [3.05, 3.63) is 70.6 Å². The molecule has 3 aromatic rings. The number of carbonyl (C=O) groups is 1. The van der Waals surface area contributed by atoms with Gasteiger partial charge in [-0.3, -0.25) is 9.69 Å². The maximum absolute atomic E-state index is 14.6. The average molecular weight is 475 g/mol. The fourth-order valence-electron chi connectivity index (χ4n) is 3.62. The van der Waals surface area contributed by atoms with Crippen LogP contribution in [0.1, 0.15) is 30.7 Å². The molecule has 0 radical (unpaired) electrons. The number of rotatable bonds is 7. The first-order chi connectivity index (χ1) is 16.0. The predicted octanol–water partition coefficient (Wildman–Crippen LogP) is 5.42. The van der Waals surface area contributed by atoms with E-state index in [2.05, 4.69) is 9.97 Å². The quantitative estimate of drug-likeness (QED) is 0.260. The van der Waals surface area contributed by atoms with Crippen molar-refractivity contribution in [1.82, 2.24) is 9.97 Å². The smallest absolute Gasteiger partial charge is 0.232 e. The highest BCUT2D eigenvalue weighted by molar-refractivity contribution is 5.94. The predicted molar refractivity (Wildman–Crippen MR) is 121 cm³/mol. The normalized spacial score (nSPS) is 11.1. The van der Waals surface area contributed by atoms with Crippen LogP contribution in [-0.4, -0.2) is 30.0 Å². The topological polar surface area (TPSA) is 55.3 Å². The molecule has 0 aliphatic carbocycles. The van der Waals surface area contributed by atoms with Gasteiger partial charge in [-0.05, 0) is 49.1 Å². The van der Waals surface area contributed by atoms with E-state index < -0.39 is 41.2 Å². The number of hydrogen-bond acceptors (Lipinski definition) is 4. The van der Waals surface area contributed by atoms with Crippen LogP contribution in [0.3, 0.4) is 0 Å². The van der Waals surface area contributed by atoms with E-state index in [1.165, 1.54) is 13.2 Å². The van der Waals surface area contributed by atoms with E-state index in [4.69, 9.17) is 4.74 Å². The number of ether oxygens (including phenoxy) is 1. The Morgan fingerprint density at radius 1 is 1.00 bits per heavy atom. The molecule has 0 N–H and O–H groups in total. The number of halogens is 4. The zero-order chi connectivity index (χ0) is 25.2. The number of anilines is 1. The summed E-state index contributed by atoms with van der Waals surface area (Å²) in [5.41, 5.74) is 0.934. The summed E-state index contributed by atoms with van der Waals surface area (Å²) in [4.78, 5) is 22.9. The number of nitrogens with zero attached hydrogens (tertiary/aromatic N) is 3. The van der Waals surface area contributed by atoms with Crippen molar-refractivity contribution in [1.29, 1.82) is 0 Å². The average Bonchev–Trinajstić information content (AvgIpc) is 2.82. The van der Waals surface area contributed by atoms with E-state index in [0.717, 1.165) is 10.5 Å². The molecular weight excluding hydrogens is 450 g/mol. The van der Waals surface area contributed by atoms with Gasteiger partial charge in [0.2, 0.25) is 5.91 Å². The Balaban J connectivity index is 1.90. The van der Waals surface area contributed by atoms with E-state index in [0.29, 0.717) is 17.1 Å².